The average Bonchev–Trinajstić information content (AvgIpc) is 2.44. The van der Waals surface area contributed by atoms with Crippen LogP contribution in [0.5, 0.6) is 0 Å². The Morgan fingerprint density at radius 1 is 1.30 bits per heavy atom. The minimum atomic E-state index is -0.659. The van der Waals surface area contributed by atoms with E-state index in [1.807, 2.05) is 0 Å². The highest BCUT2D eigenvalue weighted by molar-refractivity contribution is 5.78. The topological polar surface area (TPSA) is 32.3 Å². The van der Waals surface area contributed by atoms with Gasteiger partial charge in [0.25, 0.3) is 0 Å². The van der Waals surface area contributed by atoms with Gasteiger partial charge in [0, 0.05) is 19.2 Å². The zero-order valence-electron chi connectivity index (χ0n) is 11.7. The Balaban J connectivity index is 1.93. The van der Waals surface area contributed by atoms with Gasteiger partial charge in [-0.1, -0.05) is 6.07 Å². The summed E-state index contributed by atoms with van der Waals surface area (Å²) in [7, 11) is 1.70. The number of benzene rings is 1. The normalized spacial score (nSPS) is 16.1. The van der Waals surface area contributed by atoms with Crippen LogP contribution in [0.1, 0.15) is 18.4 Å². The molecule has 1 aromatic rings. The van der Waals surface area contributed by atoms with Crippen molar-refractivity contribution in [1.82, 2.24) is 10.2 Å². The fourth-order valence-corrected chi connectivity index (χ4v) is 2.54. The maximum absolute atomic E-state index is 13.5. The molecular weight excluding hydrogens is 262 g/mol. The summed E-state index contributed by atoms with van der Waals surface area (Å²) in [4.78, 5) is 13.7. The molecule has 20 heavy (non-hydrogen) atoms. The summed E-state index contributed by atoms with van der Waals surface area (Å²) in [5.74, 6) is -1.09. The van der Waals surface area contributed by atoms with Gasteiger partial charge in [-0.3, -0.25) is 4.79 Å². The van der Waals surface area contributed by atoms with Crippen molar-refractivity contribution in [3.63, 3.8) is 0 Å². The van der Waals surface area contributed by atoms with Crippen LogP contribution < -0.4 is 5.32 Å². The van der Waals surface area contributed by atoms with Crippen LogP contribution >= 0.6 is 0 Å². The largest absolute Gasteiger partial charge is 0.345 e. The molecule has 1 aliphatic rings. The Hall–Kier alpha value is -1.49. The standard InChI is InChI=1S/C15H20F2N2O/c1-19(10-11-5-7-18-8-6-11)15(20)9-12-13(16)3-2-4-14(12)17/h2-4,11,18H,5-10H2,1H3. The highest BCUT2D eigenvalue weighted by Gasteiger charge is 2.20. The van der Waals surface area contributed by atoms with Crippen LogP contribution in [-0.2, 0) is 11.2 Å². The number of amides is 1. The van der Waals surface area contributed by atoms with E-state index in [2.05, 4.69) is 5.32 Å². The van der Waals surface area contributed by atoms with Gasteiger partial charge < -0.3 is 10.2 Å². The molecule has 1 amide bonds. The molecule has 1 heterocycles. The smallest absolute Gasteiger partial charge is 0.226 e. The summed E-state index contributed by atoms with van der Waals surface area (Å²) in [6.07, 6.45) is 1.84. The van der Waals surface area contributed by atoms with E-state index in [4.69, 9.17) is 0 Å². The molecule has 110 valence electrons. The summed E-state index contributed by atoms with van der Waals surface area (Å²) in [5.41, 5.74) is -0.144. The molecule has 0 spiro atoms. The lowest BCUT2D eigenvalue weighted by molar-refractivity contribution is -0.129. The minimum Gasteiger partial charge on any atom is -0.345 e. The molecule has 0 unspecified atom stereocenters. The fourth-order valence-electron chi connectivity index (χ4n) is 2.54. The van der Waals surface area contributed by atoms with E-state index >= 15 is 0 Å². The number of nitrogens with one attached hydrogen (secondary N) is 1. The van der Waals surface area contributed by atoms with Crippen molar-refractivity contribution < 1.29 is 13.6 Å². The first-order valence-electron chi connectivity index (χ1n) is 6.95. The SMILES string of the molecule is CN(CC1CCNCC1)C(=O)Cc1c(F)cccc1F. The highest BCUT2D eigenvalue weighted by atomic mass is 19.1. The summed E-state index contributed by atoms with van der Waals surface area (Å²) < 4.78 is 27.0. The number of rotatable bonds is 4. The van der Waals surface area contributed by atoms with Crippen LogP contribution in [0.3, 0.4) is 0 Å². The molecule has 1 fully saturated rings. The lowest BCUT2D eigenvalue weighted by atomic mass is 9.97. The summed E-state index contributed by atoms with van der Waals surface area (Å²) in [5, 5.41) is 3.27. The second-order valence-electron chi connectivity index (χ2n) is 5.34. The molecule has 1 aliphatic heterocycles. The number of halogens is 2. The van der Waals surface area contributed by atoms with Crippen molar-refractivity contribution in [1.29, 1.82) is 0 Å². The lowest BCUT2D eigenvalue weighted by Gasteiger charge is -2.27. The van der Waals surface area contributed by atoms with Crippen molar-refractivity contribution >= 4 is 5.91 Å². The third kappa shape index (κ3) is 3.76. The third-order valence-electron chi connectivity index (χ3n) is 3.81. The third-order valence-corrected chi connectivity index (χ3v) is 3.81. The molecule has 1 N–H and O–H groups in total. The summed E-state index contributed by atoms with van der Waals surface area (Å²) >= 11 is 0. The minimum absolute atomic E-state index is 0.144. The molecule has 1 aromatic carbocycles. The molecule has 0 aromatic heterocycles. The quantitative estimate of drug-likeness (QED) is 0.915. The van der Waals surface area contributed by atoms with Crippen molar-refractivity contribution in [2.24, 2.45) is 5.92 Å². The molecule has 0 radical (unpaired) electrons. The Labute approximate surface area is 118 Å². The molecule has 0 bridgehead atoms. The first kappa shape index (κ1) is 14.9. The van der Waals surface area contributed by atoms with E-state index in [-0.39, 0.29) is 17.9 Å². The van der Waals surface area contributed by atoms with E-state index in [1.165, 1.54) is 18.2 Å². The van der Waals surface area contributed by atoms with E-state index < -0.39 is 11.6 Å². The zero-order chi connectivity index (χ0) is 14.5. The number of likely N-dealkylation sites (N-methyl/N-ethyl adjacent to an activating group) is 1. The number of hydrogen-bond donors (Lipinski definition) is 1. The van der Waals surface area contributed by atoms with Crippen molar-refractivity contribution in [2.45, 2.75) is 19.3 Å². The van der Waals surface area contributed by atoms with Crippen molar-refractivity contribution in [3.8, 4) is 0 Å². The second-order valence-corrected chi connectivity index (χ2v) is 5.34. The number of carbonyl (C=O) groups excluding carboxylic acids is 1. The van der Waals surface area contributed by atoms with Gasteiger partial charge >= 0.3 is 0 Å². The fraction of sp³-hybridized carbons (Fsp3) is 0.533. The highest BCUT2D eigenvalue weighted by Crippen LogP contribution is 2.16. The number of hydrogen-bond acceptors (Lipinski definition) is 2. The summed E-state index contributed by atoms with van der Waals surface area (Å²) in [6, 6.07) is 3.66. The molecule has 5 heteroatoms. The molecular formula is C15H20F2N2O. The average molecular weight is 282 g/mol. The van der Waals surface area contributed by atoms with Crippen molar-refractivity contribution in [3.05, 3.63) is 35.4 Å². The predicted molar refractivity (Wildman–Crippen MR) is 73.3 cm³/mol. The number of nitrogens with zero attached hydrogens (tertiary/aromatic N) is 1. The zero-order valence-corrected chi connectivity index (χ0v) is 11.7. The van der Waals surface area contributed by atoms with E-state index in [9.17, 15) is 13.6 Å². The van der Waals surface area contributed by atoms with Crippen LogP contribution in [0, 0.1) is 17.6 Å². The van der Waals surface area contributed by atoms with Crippen LogP contribution in [0.15, 0.2) is 18.2 Å². The molecule has 3 nitrogen and oxygen atoms in total. The maximum atomic E-state index is 13.5. The Morgan fingerprint density at radius 2 is 1.90 bits per heavy atom. The second kappa shape index (κ2) is 6.79. The van der Waals surface area contributed by atoms with Gasteiger partial charge in [0.2, 0.25) is 5.91 Å². The lowest BCUT2D eigenvalue weighted by Crippen LogP contribution is -2.38. The van der Waals surface area contributed by atoms with E-state index in [0.29, 0.717) is 12.5 Å². The Morgan fingerprint density at radius 3 is 2.50 bits per heavy atom. The molecule has 1 saturated heterocycles. The van der Waals surface area contributed by atoms with Gasteiger partial charge in [0.1, 0.15) is 11.6 Å². The van der Waals surface area contributed by atoms with Gasteiger partial charge in [-0.05, 0) is 44.0 Å². The van der Waals surface area contributed by atoms with Crippen LogP contribution in [-0.4, -0.2) is 37.5 Å². The van der Waals surface area contributed by atoms with Gasteiger partial charge in [0.15, 0.2) is 0 Å². The number of carbonyl (C=O) groups is 1. The van der Waals surface area contributed by atoms with Crippen LogP contribution in [0.4, 0.5) is 8.78 Å². The van der Waals surface area contributed by atoms with Gasteiger partial charge in [-0.2, -0.15) is 0 Å². The Kier molecular flexibility index (Phi) is 5.06. The molecule has 0 atom stereocenters. The first-order valence-corrected chi connectivity index (χ1v) is 6.95. The number of piperidine rings is 1. The van der Waals surface area contributed by atoms with Crippen LogP contribution in [0.25, 0.3) is 0 Å². The Bertz CT molecular complexity index is 453. The molecule has 0 aliphatic carbocycles. The predicted octanol–water partition coefficient (Wildman–Crippen LogP) is 1.97. The van der Waals surface area contributed by atoms with Gasteiger partial charge in [0.05, 0.1) is 6.42 Å². The van der Waals surface area contributed by atoms with Crippen LogP contribution in [0.2, 0.25) is 0 Å². The van der Waals surface area contributed by atoms with E-state index in [0.717, 1.165) is 25.9 Å². The molecule has 0 saturated carbocycles. The van der Waals surface area contributed by atoms with Gasteiger partial charge in [-0.25, -0.2) is 8.78 Å². The molecule has 2 rings (SSSR count). The first-order chi connectivity index (χ1) is 9.58. The summed E-state index contributed by atoms with van der Waals surface area (Å²) in [6.45, 7) is 2.58. The van der Waals surface area contributed by atoms with E-state index in [1.54, 1.807) is 11.9 Å². The maximum Gasteiger partial charge on any atom is 0.226 e. The monoisotopic (exact) mass is 282 g/mol. The van der Waals surface area contributed by atoms with Crippen molar-refractivity contribution in [2.75, 3.05) is 26.7 Å². The van der Waals surface area contributed by atoms with Gasteiger partial charge in [-0.15, -0.1) is 0 Å².